The number of benzene rings is 2. The molecule has 150 valence electrons. The molecular formula is C23H29NO3S. The van der Waals surface area contributed by atoms with Crippen molar-refractivity contribution in [3.63, 3.8) is 0 Å². The number of carbonyl (C=O) groups is 2. The SMILES string of the molecule is COc1ccc(CCNC(=O)CSCc2c(C)cc(C)c(C(C)=O)c2C)cc1. The summed E-state index contributed by atoms with van der Waals surface area (Å²) in [6, 6.07) is 9.93. The summed E-state index contributed by atoms with van der Waals surface area (Å²) in [5.74, 6) is 2.10. The van der Waals surface area contributed by atoms with Gasteiger partial charge in [-0.2, -0.15) is 0 Å². The Morgan fingerprint density at radius 3 is 2.36 bits per heavy atom. The number of Topliss-reactive ketones (excluding diaryl/α,β-unsaturated/α-hetero) is 1. The van der Waals surface area contributed by atoms with Crippen molar-refractivity contribution in [1.29, 1.82) is 0 Å². The number of hydrogen-bond acceptors (Lipinski definition) is 4. The number of rotatable bonds is 9. The molecule has 2 aromatic rings. The van der Waals surface area contributed by atoms with Gasteiger partial charge in [0.05, 0.1) is 12.9 Å². The van der Waals surface area contributed by atoms with Crippen LogP contribution in [-0.4, -0.2) is 31.1 Å². The van der Waals surface area contributed by atoms with E-state index in [1.807, 2.05) is 38.1 Å². The Morgan fingerprint density at radius 1 is 1.07 bits per heavy atom. The fraction of sp³-hybridized carbons (Fsp3) is 0.391. The molecule has 0 bridgehead atoms. The molecule has 4 nitrogen and oxygen atoms in total. The van der Waals surface area contributed by atoms with Crippen molar-refractivity contribution in [3.05, 3.63) is 63.7 Å². The number of methoxy groups -OCH3 is 1. The highest BCUT2D eigenvalue weighted by atomic mass is 32.2. The summed E-state index contributed by atoms with van der Waals surface area (Å²) < 4.78 is 5.15. The third-order valence-electron chi connectivity index (χ3n) is 4.86. The topological polar surface area (TPSA) is 55.4 Å². The molecule has 0 heterocycles. The molecule has 0 radical (unpaired) electrons. The van der Waals surface area contributed by atoms with Crippen LogP contribution < -0.4 is 10.1 Å². The van der Waals surface area contributed by atoms with Crippen molar-refractivity contribution < 1.29 is 14.3 Å². The highest BCUT2D eigenvalue weighted by molar-refractivity contribution is 7.99. The first kappa shape index (κ1) is 22.0. The lowest BCUT2D eigenvalue weighted by molar-refractivity contribution is -0.118. The molecule has 0 saturated carbocycles. The average molecular weight is 400 g/mol. The highest BCUT2D eigenvalue weighted by Crippen LogP contribution is 2.26. The molecule has 0 fully saturated rings. The van der Waals surface area contributed by atoms with E-state index in [4.69, 9.17) is 4.74 Å². The first-order valence-electron chi connectivity index (χ1n) is 9.41. The fourth-order valence-corrected chi connectivity index (χ4v) is 4.46. The van der Waals surface area contributed by atoms with Gasteiger partial charge < -0.3 is 10.1 Å². The van der Waals surface area contributed by atoms with Gasteiger partial charge in [0.1, 0.15) is 5.75 Å². The summed E-state index contributed by atoms with van der Waals surface area (Å²) >= 11 is 1.58. The molecule has 0 saturated heterocycles. The van der Waals surface area contributed by atoms with Gasteiger partial charge in [0.15, 0.2) is 5.78 Å². The minimum absolute atomic E-state index is 0.0349. The maximum absolute atomic E-state index is 12.1. The van der Waals surface area contributed by atoms with E-state index >= 15 is 0 Å². The largest absolute Gasteiger partial charge is 0.497 e. The summed E-state index contributed by atoms with van der Waals surface area (Å²) in [5.41, 5.74) is 6.37. The van der Waals surface area contributed by atoms with Gasteiger partial charge in [0.25, 0.3) is 0 Å². The van der Waals surface area contributed by atoms with Crippen LogP contribution in [0, 0.1) is 20.8 Å². The summed E-state index contributed by atoms with van der Waals surface area (Å²) in [6.07, 6.45) is 0.790. The van der Waals surface area contributed by atoms with Gasteiger partial charge in [-0.1, -0.05) is 18.2 Å². The van der Waals surface area contributed by atoms with Gasteiger partial charge in [-0.05, 0) is 74.1 Å². The predicted octanol–water partition coefficient (Wildman–Crippen LogP) is 4.42. The third-order valence-corrected chi connectivity index (χ3v) is 5.82. The van der Waals surface area contributed by atoms with Crippen molar-refractivity contribution in [2.45, 2.75) is 39.9 Å². The van der Waals surface area contributed by atoms with Gasteiger partial charge in [-0.3, -0.25) is 9.59 Å². The van der Waals surface area contributed by atoms with E-state index in [1.54, 1.807) is 25.8 Å². The highest BCUT2D eigenvalue weighted by Gasteiger charge is 2.14. The minimum atomic E-state index is 0.0349. The lowest BCUT2D eigenvalue weighted by Crippen LogP contribution is -2.27. The summed E-state index contributed by atoms with van der Waals surface area (Å²) in [7, 11) is 1.65. The Labute approximate surface area is 172 Å². The number of ether oxygens (including phenoxy) is 1. The van der Waals surface area contributed by atoms with Crippen molar-refractivity contribution in [1.82, 2.24) is 5.32 Å². The average Bonchev–Trinajstić information content (AvgIpc) is 2.64. The minimum Gasteiger partial charge on any atom is -0.497 e. The van der Waals surface area contributed by atoms with E-state index in [1.165, 1.54) is 5.56 Å². The molecule has 0 spiro atoms. The lowest BCUT2D eigenvalue weighted by atomic mass is 9.92. The Balaban J connectivity index is 1.82. The number of carbonyl (C=O) groups excluding carboxylic acids is 2. The third kappa shape index (κ3) is 5.86. The molecule has 2 rings (SSSR count). The van der Waals surface area contributed by atoms with Crippen LogP contribution in [0.3, 0.4) is 0 Å². The Kier molecular flexibility index (Phi) is 8.12. The van der Waals surface area contributed by atoms with Crippen molar-refractivity contribution >= 4 is 23.5 Å². The zero-order valence-electron chi connectivity index (χ0n) is 17.3. The molecule has 0 aliphatic heterocycles. The Hall–Kier alpha value is -2.27. The second-order valence-corrected chi connectivity index (χ2v) is 7.97. The molecule has 5 heteroatoms. The van der Waals surface area contributed by atoms with E-state index in [9.17, 15) is 9.59 Å². The number of hydrogen-bond donors (Lipinski definition) is 1. The molecule has 1 amide bonds. The van der Waals surface area contributed by atoms with Crippen LogP contribution in [0.2, 0.25) is 0 Å². The molecular weight excluding hydrogens is 370 g/mol. The van der Waals surface area contributed by atoms with Crippen molar-refractivity contribution in [3.8, 4) is 5.75 Å². The van der Waals surface area contributed by atoms with Crippen molar-refractivity contribution in [2.75, 3.05) is 19.4 Å². The Bertz CT molecular complexity index is 844. The van der Waals surface area contributed by atoms with Crippen molar-refractivity contribution in [2.24, 2.45) is 0 Å². The van der Waals surface area contributed by atoms with E-state index in [0.717, 1.165) is 45.7 Å². The maximum atomic E-state index is 12.1. The maximum Gasteiger partial charge on any atom is 0.230 e. The van der Waals surface area contributed by atoms with E-state index in [2.05, 4.69) is 18.3 Å². The standard InChI is InChI=1S/C23H29NO3S/c1-15-12-16(2)23(18(4)25)17(3)21(15)13-28-14-22(26)24-11-10-19-6-8-20(27-5)9-7-19/h6-9,12H,10-11,13-14H2,1-5H3,(H,24,26). The van der Waals surface area contributed by atoms with Crippen LogP contribution in [0.25, 0.3) is 0 Å². The van der Waals surface area contributed by atoms with E-state index in [0.29, 0.717) is 12.3 Å². The van der Waals surface area contributed by atoms with Gasteiger partial charge in [-0.25, -0.2) is 0 Å². The molecule has 0 aliphatic carbocycles. The normalized spacial score (nSPS) is 10.6. The number of aryl methyl sites for hydroxylation is 2. The van der Waals surface area contributed by atoms with Crippen LogP contribution in [0.5, 0.6) is 5.75 Å². The smallest absolute Gasteiger partial charge is 0.230 e. The summed E-state index contributed by atoms with van der Waals surface area (Å²) in [4.78, 5) is 24.0. The second kappa shape index (κ2) is 10.3. The summed E-state index contributed by atoms with van der Waals surface area (Å²) in [6.45, 7) is 8.26. The van der Waals surface area contributed by atoms with Crippen LogP contribution in [0.15, 0.2) is 30.3 Å². The van der Waals surface area contributed by atoms with Crippen LogP contribution in [0.1, 0.15) is 45.1 Å². The van der Waals surface area contributed by atoms with E-state index in [-0.39, 0.29) is 11.7 Å². The monoisotopic (exact) mass is 399 g/mol. The lowest BCUT2D eigenvalue weighted by Gasteiger charge is -2.15. The predicted molar refractivity (Wildman–Crippen MR) is 117 cm³/mol. The molecule has 28 heavy (non-hydrogen) atoms. The van der Waals surface area contributed by atoms with Crippen LogP contribution in [0.4, 0.5) is 0 Å². The van der Waals surface area contributed by atoms with Gasteiger partial charge in [0, 0.05) is 17.9 Å². The van der Waals surface area contributed by atoms with Gasteiger partial charge in [0.2, 0.25) is 5.91 Å². The molecule has 2 aromatic carbocycles. The summed E-state index contributed by atoms with van der Waals surface area (Å²) in [5, 5.41) is 2.97. The molecule has 0 aliphatic rings. The van der Waals surface area contributed by atoms with Crippen LogP contribution >= 0.6 is 11.8 Å². The zero-order valence-corrected chi connectivity index (χ0v) is 18.2. The Morgan fingerprint density at radius 2 is 1.75 bits per heavy atom. The van der Waals surface area contributed by atoms with Gasteiger partial charge in [-0.15, -0.1) is 11.8 Å². The number of thioether (sulfide) groups is 1. The zero-order chi connectivity index (χ0) is 20.7. The fourth-order valence-electron chi connectivity index (χ4n) is 3.43. The van der Waals surface area contributed by atoms with Crippen LogP contribution in [-0.2, 0) is 17.0 Å². The number of ketones is 1. The quantitative estimate of drug-likeness (QED) is 0.635. The first-order chi connectivity index (χ1) is 13.3. The van der Waals surface area contributed by atoms with Gasteiger partial charge >= 0.3 is 0 Å². The number of amides is 1. The molecule has 0 unspecified atom stereocenters. The molecule has 0 atom stereocenters. The van der Waals surface area contributed by atoms with E-state index < -0.39 is 0 Å². The number of nitrogens with one attached hydrogen (secondary N) is 1. The molecule has 1 N–H and O–H groups in total. The first-order valence-corrected chi connectivity index (χ1v) is 10.6. The second-order valence-electron chi connectivity index (χ2n) is 6.99. The molecule has 0 aromatic heterocycles.